The second kappa shape index (κ2) is 15.0. The van der Waals surface area contributed by atoms with Gasteiger partial charge in [-0.3, -0.25) is 4.99 Å². The van der Waals surface area contributed by atoms with Crippen molar-refractivity contribution in [3.8, 4) is 0 Å². The highest BCUT2D eigenvalue weighted by atomic mass is 127. The van der Waals surface area contributed by atoms with Crippen LogP contribution in [0.1, 0.15) is 44.3 Å². The molecule has 0 aromatic carbocycles. The highest BCUT2D eigenvalue weighted by Gasteiger charge is 2.20. The molecule has 3 heterocycles. The maximum absolute atomic E-state index is 5.85. The minimum atomic E-state index is 0. The third kappa shape index (κ3) is 9.53. The maximum atomic E-state index is 5.85. The molecule has 1 aromatic rings. The fourth-order valence-electron chi connectivity index (χ4n) is 3.98. The molecule has 8 heteroatoms. The Labute approximate surface area is 198 Å². The van der Waals surface area contributed by atoms with E-state index in [9.17, 15) is 0 Å². The third-order valence-electron chi connectivity index (χ3n) is 5.72. The van der Waals surface area contributed by atoms with Crippen molar-refractivity contribution >= 4 is 29.9 Å². The van der Waals surface area contributed by atoms with E-state index in [-0.39, 0.29) is 30.1 Å². The van der Waals surface area contributed by atoms with Crippen LogP contribution < -0.4 is 10.6 Å². The first-order valence-electron chi connectivity index (χ1n) is 11.2. The van der Waals surface area contributed by atoms with E-state index in [2.05, 4.69) is 15.5 Å². The summed E-state index contributed by atoms with van der Waals surface area (Å²) in [4.78, 5) is 7.38. The summed E-state index contributed by atoms with van der Waals surface area (Å²) in [7, 11) is 1.77. The molecule has 0 radical (unpaired) electrons. The van der Waals surface area contributed by atoms with E-state index in [1.165, 1.54) is 12.8 Å². The van der Waals surface area contributed by atoms with Crippen molar-refractivity contribution in [1.82, 2.24) is 15.5 Å². The molecule has 2 aliphatic heterocycles. The van der Waals surface area contributed by atoms with Crippen molar-refractivity contribution in [2.24, 2.45) is 4.99 Å². The van der Waals surface area contributed by atoms with Gasteiger partial charge >= 0.3 is 0 Å². The number of methoxy groups -OCH3 is 1. The first kappa shape index (κ1) is 25.4. The molecule has 0 aliphatic carbocycles. The van der Waals surface area contributed by atoms with Crippen LogP contribution in [0, 0.1) is 0 Å². The van der Waals surface area contributed by atoms with Crippen LogP contribution in [0.15, 0.2) is 27.8 Å². The summed E-state index contributed by atoms with van der Waals surface area (Å²) in [5.41, 5.74) is 0. The molecule has 1 unspecified atom stereocenters. The van der Waals surface area contributed by atoms with Gasteiger partial charge < -0.3 is 29.4 Å². The maximum Gasteiger partial charge on any atom is 0.191 e. The van der Waals surface area contributed by atoms with Crippen LogP contribution in [0.25, 0.3) is 0 Å². The Morgan fingerprint density at radius 2 is 2.13 bits per heavy atom. The quantitative estimate of drug-likeness (QED) is 0.208. The molecule has 2 saturated heterocycles. The summed E-state index contributed by atoms with van der Waals surface area (Å²) < 4.78 is 16.5. The van der Waals surface area contributed by atoms with Crippen molar-refractivity contribution in [3.05, 3.63) is 24.2 Å². The lowest BCUT2D eigenvalue weighted by atomic mass is 10.1. The number of rotatable bonds is 10. The van der Waals surface area contributed by atoms with Gasteiger partial charge in [0.1, 0.15) is 5.76 Å². The predicted molar refractivity (Wildman–Crippen MR) is 131 cm³/mol. The summed E-state index contributed by atoms with van der Waals surface area (Å²) in [5, 5.41) is 7.16. The smallest absolute Gasteiger partial charge is 0.191 e. The fraction of sp³-hybridized carbons (Fsp3) is 0.773. The standard InChI is InChI=1S/C22H38N4O3.HI/c1-27-15-5-12-26-13-9-19(10-14-26)25-22(23-11-8-20-7-4-17-28-20)24-18-21-6-2-3-16-29-21;/h4,7,17,19,21H,2-3,5-6,8-16,18H2,1H3,(H2,23,24,25);1H. The van der Waals surface area contributed by atoms with Crippen LogP contribution in [0.5, 0.6) is 0 Å². The summed E-state index contributed by atoms with van der Waals surface area (Å²) in [6.45, 7) is 6.64. The predicted octanol–water partition coefficient (Wildman–Crippen LogP) is 3.05. The number of ether oxygens (including phenoxy) is 2. The number of hydrogen-bond acceptors (Lipinski definition) is 5. The Kier molecular flexibility index (Phi) is 12.7. The molecule has 0 bridgehead atoms. The van der Waals surface area contributed by atoms with Gasteiger partial charge in [0.25, 0.3) is 0 Å². The third-order valence-corrected chi connectivity index (χ3v) is 5.72. The minimum Gasteiger partial charge on any atom is -0.469 e. The van der Waals surface area contributed by atoms with Gasteiger partial charge in [0, 0.05) is 59.0 Å². The monoisotopic (exact) mass is 534 g/mol. The lowest BCUT2D eigenvalue weighted by Crippen LogP contribution is -2.49. The summed E-state index contributed by atoms with van der Waals surface area (Å²) in [6, 6.07) is 4.42. The highest BCUT2D eigenvalue weighted by Crippen LogP contribution is 2.13. The van der Waals surface area contributed by atoms with Crippen molar-refractivity contribution < 1.29 is 13.9 Å². The molecule has 0 spiro atoms. The van der Waals surface area contributed by atoms with Crippen molar-refractivity contribution in [1.29, 1.82) is 0 Å². The molecule has 0 amide bonds. The van der Waals surface area contributed by atoms with E-state index in [0.29, 0.717) is 6.04 Å². The van der Waals surface area contributed by atoms with Crippen molar-refractivity contribution in [3.63, 3.8) is 0 Å². The number of hydrogen-bond donors (Lipinski definition) is 2. The van der Waals surface area contributed by atoms with E-state index >= 15 is 0 Å². The second-order valence-corrected chi connectivity index (χ2v) is 8.04. The number of nitrogens with one attached hydrogen (secondary N) is 2. The minimum absolute atomic E-state index is 0. The Morgan fingerprint density at radius 3 is 2.83 bits per heavy atom. The number of likely N-dealkylation sites (tertiary alicyclic amines) is 1. The molecule has 30 heavy (non-hydrogen) atoms. The zero-order chi connectivity index (χ0) is 20.2. The Balaban J connectivity index is 0.00000320. The second-order valence-electron chi connectivity index (χ2n) is 8.04. The average Bonchev–Trinajstić information content (AvgIpc) is 3.27. The number of piperidine rings is 1. The number of guanidine groups is 1. The lowest BCUT2D eigenvalue weighted by Gasteiger charge is -2.33. The SMILES string of the molecule is COCCCN1CCC(NC(=NCC2CCCCO2)NCCc2ccco2)CC1.I. The Bertz CT molecular complexity index is 571. The molecule has 1 atom stereocenters. The number of furan rings is 1. The van der Waals surface area contributed by atoms with E-state index < -0.39 is 0 Å². The molecule has 2 fully saturated rings. The van der Waals surface area contributed by atoms with Gasteiger partial charge in [0.2, 0.25) is 0 Å². The van der Waals surface area contributed by atoms with Gasteiger partial charge in [-0.25, -0.2) is 0 Å². The van der Waals surface area contributed by atoms with Crippen LogP contribution in [-0.2, 0) is 15.9 Å². The molecule has 3 rings (SSSR count). The zero-order valence-corrected chi connectivity index (χ0v) is 20.6. The topological polar surface area (TPSA) is 71.3 Å². The van der Waals surface area contributed by atoms with Crippen LogP contribution in [-0.4, -0.2) is 76.1 Å². The molecule has 172 valence electrons. The summed E-state index contributed by atoms with van der Waals surface area (Å²) in [6.07, 6.45) is 9.77. The van der Waals surface area contributed by atoms with E-state index in [0.717, 1.165) is 89.8 Å². The fourth-order valence-corrected chi connectivity index (χ4v) is 3.98. The van der Waals surface area contributed by atoms with Crippen LogP contribution in [0.4, 0.5) is 0 Å². The number of nitrogens with zero attached hydrogens (tertiary/aromatic N) is 2. The molecular weight excluding hydrogens is 495 g/mol. The molecule has 0 saturated carbocycles. The largest absolute Gasteiger partial charge is 0.469 e. The first-order chi connectivity index (χ1) is 14.3. The van der Waals surface area contributed by atoms with E-state index in [1.807, 2.05) is 12.1 Å². The van der Waals surface area contributed by atoms with Gasteiger partial charge in [-0.2, -0.15) is 0 Å². The average molecular weight is 534 g/mol. The van der Waals surface area contributed by atoms with Crippen LogP contribution >= 0.6 is 24.0 Å². The number of halogens is 1. The van der Waals surface area contributed by atoms with E-state index in [1.54, 1.807) is 13.4 Å². The Hall–Kier alpha value is -0.840. The van der Waals surface area contributed by atoms with Gasteiger partial charge in [-0.1, -0.05) is 0 Å². The van der Waals surface area contributed by atoms with Gasteiger partial charge in [-0.15, -0.1) is 24.0 Å². The molecule has 1 aromatic heterocycles. The number of aliphatic imine (C=N–C) groups is 1. The molecule has 7 nitrogen and oxygen atoms in total. The molecular formula is C22H39IN4O3. The van der Waals surface area contributed by atoms with Gasteiger partial charge in [0.15, 0.2) is 5.96 Å². The first-order valence-corrected chi connectivity index (χ1v) is 11.2. The van der Waals surface area contributed by atoms with Crippen LogP contribution in [0.2, 0.25) is 0 Å². The van der Waals surface area contributed by atoms with Crippen LogP contribution in [0.3, 0.4) is 0 Å². The molecule has 2 N–H and O–H groups in total. The summed E-state index contributed by atoms with van der Waals surface area (Å²) >= 11 is 0. The highest BCUT2D eigenvalue weighted by molar-refractivity contribution is 14.0. The van der Waals surface area contributed by atoms with E-state index in [4.69, 9.17) is 18.9 Å². The van der Waals surface area contributed by atoms with Gasteiger partial charge in [-0.05, 0) is 50.7 Å². The Morgan fingerprint density at radius 1 is 1.27 bits per heavy atom. The lowest BCUT2D eigenvalue weighted by molar-refractivity contribution is 0.0224. The molecule has 2 aliphatic rings. The van der Waals surface area contributed by atoms with Crippen molar-refractivity contribution in [2.75, 3.05) is 53.0 Å². The van der Waals surface area contributed by atoms with Crippen molar-refractivity contribution in [2.45, 2.75) is 57.1 Å². The normalized spacial score (nSPS) is 21.2. The summed E-state index contributed by atoms with van der Waals surface area (Å²) in [5.74, 6) is 1.90. The zero-order valence-electron chi connectivity index (χ0n) is 18.3. The van der Waals surface area contributed by atoms with Gasteiger partial charge in [0.05, 0.1) is 18.9 Å².